The zero-order chi connectivity index (χ0) is 22.4. The van der Waals surface area contributed by atoms with Crippen molar-refractivity contribution >= 4 is 11.5 Å². The Morgan fingerprint density at radius 3 is 2.52 bits per heavy atom. The lowest BCUT2D eigenvalue weighted by atomic mass is 9.53. The van der Waals surface area contributed by atoms with Gasteiger partial charge in [0, 0.05) is 5.41 Å². The summed E-state index contributed by atoms with van der Waals surface area (Å²) in [5.74, 6) is -0.936. The molecule has 0 spiro atoms. The molecular weight excluding hydrogens is 405 g/mol. The van der Waals surface area contributed by atoms with E-state index in [0.29, 0.717) is 12.0 Å². The van der Waals surface area contributed by atoms with E-state index in [4.69, 9.17) is 4.74 Å². The lowest BCUT2D eigenvalue weighted by Gasteiger charge is -2.52. The van der Waals surface area contributed by atoms with E-state index in [1.54, 1.807) is 12.1 Å². The molecule has 1 saturated carbocycles. The first kappa shape index (κ1) is 21.6. The normalized spacial score (nSPS) is 27.7. The van der Waals surface area contributed by atoms with Crippen LogP contribution in [0, 0.1) is 5.92 Å². The minimum atomic E-state index is -4.68. The minimum Gasteiger partial charge on any atom is -0.465 e. The van der Waals surface area contributed by atoms with Crippen molar-refractivity contribution in [1.29, 1.82) is 0 Å². The predicted molar refractivity (Wildman–Crippen MR) is 112 cm³/mol. The number of aliphatic hydroxyl groups is 1. The molecule has 3 nitrogen and oxygen atoms in total. The van der Waals surface area contributed by atoms with Crippen LogP contribution in [0.1, 0.15) is 53.2 Å². The van der Waals surface area contributed by atoms with Gasteiger partial charge in [0.2, 0.25) is 0 Å². The largest absolute Gasteiger partial charge is 0.465 e. The van der Waals surface area contributed by atoms with Crippen molar-refractivity contribution in [2.75, 3.05) is 7.11 Å². The van der Waals surface area contributed by atoms with Crippen LogP contribution in [0.15, 0.2) is 54.6 Å². The summed E-state index contributed by atoms with van der Waals surface area (Å²) in [5, 5.41) is 10.5. The molecule has 0 aliphatic heterocycles. The summed E-state index contributed by atoms with van der Waals surface area (Å²) in [6, 6.07) is 15.0. The smallest absolute Gasteiger partial charge is 0.417 e. The first-order valence-corrected chi connectivity index (χ1v) is 10.3. The monoisotopic (exact) mass is 430 g/mol. The van der Waals surface area contributed by atoms with Gasteiger partial charge in [0.1, 0.15) is 0 Å². The van der Waals surface area contributed by atoms with Gasteiger partial charge in [-0.15, -0.1) is 0 Å². The van der Waals surface area contributed by atoms with Crippen LogP contribution < -0.4 is 0 Å². The van der Waals surface area contributed by atoms with Crippen molar-refractivity contribution in [2.45, 2.75) is 49.8 Å². The Morgan fingerprint density at radius 2 is 1.87 bits per heavy atom. The van der Waals surface area contributed by atoms with Gasteiger partial charge in [-0.25, -0.2) is 4.79 Å². The van der Waals surface area contributed by atoms with Crippen LogP contribution in [0.3, 0.4) is 0 Å². The fraction of sp³-hybridized carbons (Fsp3) is 0.400. The number of carbonyl (C=O) groups excluding carboxylic acids is 1. The molecule has 6 heteroatoms. The third kappa shape index (κ3) is 3.57. The highest BCUT2D eigenvalue weighted by molar-refractivity contribution is 5.91. The van der Waals surface area contributed by atoms with E-state index >= 15 is 0 Å². The Hall–Kier alpha value is -2.60. The molecule has 1 N–H and O–H groups in total. The maximum absolute atomic E-state index is 13.7. The second-order valence-electron chi connectivity index (χ2n) is 8.76. The zero-order valence-corrected chi connectivity index (χ0v) is 17.5. The second kappa shape index (κ2) is 7.52. The molecule has 4 rings (SSSR count). The Balaban J connectivity index is 1.86. The number of rotatable bonds is 3. The van der Waals surface area contributed by atoms with E-state index in [1.807, 2.05) is 49.4 Å². The van der Waals surface area contributed by atoms with Crippen LogP contribution >= 0.6 is 0 Å². The molecule has 3 atom stereocenters. The lowest BCUT2D eigenvalue weighted by molar-refractivity contribution is -0.277. The van der Waals surface area contributed by atoms with E-state index in [2.05, 4.69) is 0 Å². The third-order valence-corrected chi connectivity index (χ3v) is 7.00. The SMILES string of the molecule is COC(=O)c1ccc2c(c1)C(C)=CC1CC(O)(C(F)(F)F)CCC21Cc1ccccc1. The highest BCUT2D eigenvalue weighted by Crippen LogP contribution is 2.57. The predicted octanol–water partition coefficient (Wildman–Crippen LogP) is 5.46. The number of fused-ring (bicyclic) bond motifs is 3. The van der Waals surface area contributed by atoms with Crippen LogP contribution in [0.25, 0.3) is 5.57 Å². The van der Waals surface area contributed by atoms with Crippen LogP contribution in [-0.2, 0) is 16.6 Å². The summed E-state index contributed by atoms with van der Waals surface area (Å²) in [4.78, 5) is 12.1. The topological polar surface area (TPSA) is 46.5 Å². The van der Waals surface area contributed by atoms with Gasteiger partial charge in [0.15, 0.2) is 5.60 Å². The molecule has 2 aromatic rings. The van der Waals surface area contributed by atoms with E-state index in [9.17, 15) is 23.1 Å². The molecule has 2 aromatic carbocycles. The average Bonchev–Trinajstić information content (AvgIpc) is 2.74. The number of alkyl halides is 3. The standard InChI is InChI=1S/C25H25F3O3/c1-16-12-19-15-24(30,25(26,27)28)11-10-23(19,14-17-6-4-3-5-7-17)21-9-8-18(13-20(16)21)22(29)31-2/h3-9,12-13,19,30H,10-11,14-15H2,1-2H3. The Labute approximate surface area is 179 Å². The van der Waals surface area contributed by atoms with Gasteiger partial charge < -0.3 is 9.84 Å². The summed E-state index contributed by atoms with van der Waals surface area (Å²) in [7, 11) is 1.32. The van der Waals surface area contributed by atoms with Crippen molar-refractivity contribution in [1.82, 2.24) is 0 Å². The Bertz CT molecular complexity index is 1030. The molecule has 1 fully saturated rings. The Morgan fingerprint density at radius 1 is 1.16 bits per heavy atom. The fourth-order valence-electron chi connectivity index (χ4n) is 5.30. The van der Waals surface area contributed by atoms with Crippen molar-refractivity contribution < 1.29 is 27.8 Å². The molecular formula is C25H25F3O3. The molecule has 0 heterocycles. The van der Waals surface area contributed by atoms with Crippen molar-refractivity contribution in [2.24, 2.45) is 5.92 Å². The van der Waals surface area contributed by atoms with Crippen molar-refractivity contribution in [3.8, 4) is 0 Å². The second-order valence-corrected chi connectivity index (χ2v) is 8.76. The number of carbonyl (C=O) groups is 1. The van der Waals surface area contributed by atoms with Gasteiger partial charge in [0.25, 0.3) is 0 Å². The maximum atomic E-state index is 13.7. The van der Waals surface area contributed by atoms with Gasteiger partial charge in [-0.1, -0.05) is 42.5 Å². The van der Waals surface area contributed by atoms with E-state index in [1.165, 1.54) is 7.11 Å². The zero-order valence-electron chi connectivity index (χ0n) is 17.5. The number of methoxy groups -OCH3 is 1. The quantitative estimate of drug-likeness (QED) is 0.658. The summed E-state index contributed by atoms with van der Waals surface area (Å²) >= 11 is 0. The molecule has 0 amide bonds. The Kier molecular flexibility index (Phi) is 5.24. The number of esters is 1. The highest BCUT2D eigenvalue weighted by atomic mass is 19.4. The van der Waals surface area contributed by atoms with Gasteiger partial charge in [-0.2, -0.15) is 13.2 Å². The molecule has 31 heavy (non-hydrogen) atoms. The number of allylic oxidation sites excluding steroid dienone is 2. The summed E-state index contributed by atoms with van der Waals surface area (Å²) in [6.07, 6.45) is -2.81. The molecule has 0 aromatic heterocycles. The van der Waals surface area contributed by atoms with Crippen LogP contribution in [-0.4, -0.2) is 30.0 Å². The first-order valence-electron chi connectivity index (χ1n) is 10.3. The molecule has 0 radical (unpaired) electrons. The summed E-state index contributed by atoms with van der Waals surface area (Å²) in [6.45, 7) is 1.84. The molecule has 2 aliphatic rings. The average molecular weight is 430 g/mol. The summed E-state index contributed by atoms with van der Waals surface area (Å²) in [5.41, 5.74) is 0.734. The van der Waals surface area contributed by atoms with Crippen LogP contribution in [0.4, 0.5) is 13.2 Å². The molecule has 2 aliphatic carbocycles. The van der Waals surface area contributed by atoms with Gasteiger partial charge in [-0.05, 0) is 72.9 Å². The van der Waals surface area contributed by atoms with Crippen LogP contribution in [0.5, 0.6) is 0 Å². The van der Waals surface area contributed by atoms with Crippen molar-refractivity contribution in [3.63, 3.8) is 0 Å². The molecule has 3 unspecified atom stereocenters. The maximum Gasteiger partial charge on any atom is 0.417 e. The number of ether oxygens (including phenoxy) is 1. The van der Waals surface area contributed by atoms with Gasteiger partial charge in [0.05, 0.1) is 12.7 Å². The number of benzene rings is 2. The van der Waals surface area contributed by atoms with E-state index in [-0.39, 0.29) is 19.3 Å². The molecule has 0 saturated heterocycles. The lowest BCUT2D eigenvalue weighted by Crippen LogP contribution is -2.56. The molecule has 0 bridgehead atoms. The highest BCUT2D eigenvalue weighted by Gasteiger charge is 2.61. The van der Waals surface area contributed by atoms with E-state index < -0.39 is 29.1 Å². The summed E-state index contributed by atoms with van der Waals surface area (Å²) < 4.78 is 45.9. The number of hydrogen-bond acceptors (Lipinski definition) is 3. The number of hydrogen-bond donors (Lipinski definition) is 1. The van der Waals surface area contributed by atoms with E-state index in [0.717, 1.165) is 22.3 Å². The fourth-order valence-corrected chi connectivity index (χ4v) is 5.30. The van der Waals surface area contributed by atoms with Gasteiger partial charge in [-0.3, -0.25) is 0 Å². The molecule has 164 valence electrons. The number of halogens is 3. The third-order valence-electron chi connectivity index (χ3n) is 7.00. The van der Waals surface area contributed by atoms with Crippen molar-refractivity contribution in [3.05, 3.63) is 76.9 Å². The van der Waals surface area contributed by atoms with Gasteiger partial charge >= 0.3 is 12.1 Å². The minimum absolute atomic E-state index is 0.191. The first-order chi connectivity index (χ1) is 14.6. The van der Waals surface area contributed by atoms with Crippen LogP contribution in [0.2, 0.25) is 0 Å².